The zero-order valence-electron chi connectivity index (χ0n) is 20.7. The van der Waals surface area contributed by atoms with Crippen molar-refractivity contribution in [2.45, 2.75) is 38.9 Å². The lowest BCUT2D eigenvalue weighted by molar-refractivity contribution is -0.136. The summed E-state index contributed by atoms with van der Waals surface area (Å²) >= 11 is 0. The number of aromatic hydroxyl groups is 1. The average Bonchev–Trinajstić information content (AvgIpc) is 3.27. The van der Waals surface area contributed by atoms with Gasteiger partial charge in [-0.3, -0.25) is 4.79 Å². The monoisotopic (exact) mass is 487 g/mol. The molecular formula is C29H30FN3O3. The number of likely N-dealkylation sites (tertiary alicyclic amines) is 1. The fourth-order valence-corrected chi connectivity index (χ4v) is 6.06. The summed E-state index contributed by atoms with van der Waals surface area (Å²) < 4.78 is 22.6. The lowest BCUT2D eigenvalue weighted by Gasteiger charge is -2.47. The number of halogens is 1. The van der Waals surface area contributed by atoms with Gasteiger partial charge in [0.05, 0.1) is 17.9 Å². The van der Waals surface area contributed by atoms with Crippen LogP contribution in [0.2, 0.25) is 0 Å². The van der Waals surface area contributed by atoms with E-state index < -0.39 is 0 Å². The first-order valence-electron chi connectivity index (χ1n) is 12.4. The standard InChI is InChI=1S/C29H30FN3O3/c1-4-24(35)33-16-29(17-33)10-11-32(15-29)27-26(30)25(22-14-36-28(2,3)13-23(22)31-27)21-7-5-6-18-12-19(34)8-9-20(18)21/h4-9,12,34H,1,10-11,13-17H2,2-3H3. The van der Waals surface area contributed by atoms with Gasteiger partial charge in [-0.25, -0.2) is 9.37 Å². The van der Waals surface area contributed by atoms with Crippen LogP contribution in [0, 0.1) is 11.2 Å². The molecule has 2 fully saturated rings. The van der Waals surface area contributed by atoms with Gasteiger partial charge in [0, 0.05) is 49.1 Å². The summed E-state index contributed by atoms with van der Waals surface area (Å²) in [4.78, 5) is 20.7. The Hall–Kier alpha value is -3.45. The molecule has 0 radical (unpaired) electrons. The summed E-state index contributed by atoms with van der Waals surface area (Å²) in [6, 6.07) is 10.9. The SMILES string of the molecule is C=CC(=O)N1CC2(CCN(c3nc4c(c(-c5cccc6cc(O)ccc56)c3F)COC(C)(C)C4)C2)C1. The Bertz CT molecular complexity index is 1410. The number of phenolic OH excluding ortho intramolecular Hbond substituents is 1. The highest BCUT2D eigenvalue weighted by Gasteiger charge is 2.49. The van der Waals surface area contributed by atoms with Crippen molar-refractivity contribution >= 4 is 22.5 Å². The van der Waals surface area contributed by atoms with E-state index in [-0.39, 0.29) is 28.5 Å². The van der Waals surface area contributed by atoms with Crippen LogP contribution in [0.1, 0.15) is 31.5 Å². The van der Waals surface area contributed by atoms with Crippen molar-refractivity contribution in [3.8, 4) is 16.9 Å². The Morgan fingerprint density at radius 3 is 2.81 bits per heavy atom. The molecule has 0 bridgehead atoms. The van der Waals surface area contributed by atoms with E-state index in [1.807, 2.05) is 43.0 Å². The third kappa shape index (κ3) is 3.64. The maximum Gasteiger partial charge on any atom is 0.245 e. The van der Waals surface area contributed by atoms with Crippen molar-refractivity contribution in [1.29, 1.82) is 0 Å². The van der Waals surface area contributed by atoms with Crippen LogP contribution < -0.4 is 4.90 Å². The highest BCUT2D eigenvalue weighted by atomic mass is 19.1. The van der Waals surface area contributed by atoms with E-state index in [1.165, 1.54) is 6.08 Å². The molecule has 1 amide bonds. The molecule has 3 aromatic rings. The van der Waals surface area contributed by atoms with Gasteiger partial charge < -0.3 is 19.6 Å². The molecule has 1 N–H and O–H groups in total. The predicted molar refractivity (Wildman–Crippen MR) is 137 cm³/mol. The molecule has 6 rings (SSSR count). The second kappa shape index (κ2) is 8.03. The first kappa shape index (κ1) is 23.0. The third-order valence-electron chi connectivity index (χ3n) is 7.92. The van der Waals surface area contributed by atoms with Gasteiger partial charge in [0.15, 0.2) is 11.6 Å². The van der Waals surface area contributed by atoms with E-state index in [1.54, 1.807) is 17.0 Å². The van der Waals surface area contributed by atoms with Gasteiger partial charge in [-0.15, -0.1) is 0 Å². The average molecular weight is 488 g/mol. The molecular weight excluding hydrogens is 457 g/mol. The van der Waals surface area contributed by atoms with Gasteiger partial charge in [0.2, 0.25) is 5.91 Å². The molecule has 186 valence electrons. The van der Waals surface area contributed by atoms with Crippen molar-refractivity contribution in [2.24, 2.45) is 5.41 Å². The summed E-state index contributed by atoms with van der Waals surface area (Å²) in [6.45, 7) is 10.6. The molecule has 36 heavy (non-hydrogen) atoms. The number of hydrogen-bond donors (Lipinski definition) is 1. The van der Waals surface area contributed by atoms with Gasteiger partial charge in [-0.1, -0.05) is 30.8 Å². The molecule has 1 aromatic heterocycles. The maximum absolute atomic E-state index is 16.5. The van der Waals surface area contributed by atoms with E-state index in [0.717, 1.165) is 34.0 Å². The van der Waals surface area contributed by atoms with E-state index in [4.69, 9.17) is 9.72 Å². The molecule has 6 nitrogen and oxygen atoms in total. The van der Waals surface area contributed by atoms with E-state index in [9.17, 15) is 9.90 Å². The Morgan fingerprint density at radius 2 is 2.03 bits per heavy atom. The van der Waals surface area contributed by atoms with Gasteiger partial charge in [-0.2, -0.15) is 0 Å². The van der Waals surface area contributed by atoms with Crippen molar-refractivity contribution in [2.75, 3.05) is 31.1 Å². The second-order valence-electron chi connectivity index (χ2n) is 11.1. The molecule has 0 saturated carbocycles. The van der Waals surface area contributed by atoms with Gasteiger partial charge in [-0.05, 0) is 54.8 Å². The van der Waals surface area contributed by atoms with Crippen molar-refractivity contribution in [3.05, 3.63) is 66.1 Å². The number of fused-ring (bicyclic) bond motifs is 2. The minimum atomic E-state index is -0.386. The van der Waals surface area contributed by atoms with Crippen LogP contribution in [-0.2, 0) is 22.6 Å². The first-order chi connectivity index (χ1) is 17.2. The quantitative estimate of drug-likeness (QED) is 0.537. The molecule has 0 atom stereocenters. The third-order valence-corrected chi connectivity index (χ3v) is 7.92. The molecule has 2 saturated heterocycles. The summed E-state index contributed by atoms with van der Waals surface area (Å²) in [5, 5.41) is 11.7. The molecule has 4 heterocycles. The van der Waals surface area contributed by atoms with Gasteiger partial charge >= 0.3 is 0 Å². The van der Waals surface area contributed by atoms with Crippen LogP contribution in [0.5, 0.6) is 5.75 Å². The summed E-state index contributed by atoms with van der Waals surface area (Å²) in [7, 11) is 0. The number of benzene rings is 2. The summed E-state index contributed by atoms with van der Waals surface area (Å²) in [5.41, 5.74) is 2.54. The molecule has 0 unspecified atom stereocenters. The Labute approximate surface area is 210 Å². The number of anilines is 1. The molecule has 2 aromatic carbocycles. The number of nitrogens with zero attached hydrogens (tertiary/aromatic N) is 3. The van der Waals surface area contributed by atoms with Crippen LogP contribution >= 0.6 is 0 Å². The maximum atomic E-state index is 16.5. The fourth-order valence-electron chi connectivity index (χ4n) is 6.06. The van der Waals surface area contributed by atoms with E-state index in [0.29, 0.717) is 50.6 Å². The number of phenols is 1. The zero-order valence-corrected chi connectivity index (χ0v) is 20.7. The highest BCUT2D eigenvalue weighted by molar-refractivity contribution is 5.98. The van der Waals surface area contributed by atoms with Gasteiger partial charge in [0.1, 0.15) is 5.75 Å². The second-order valence-corrected chi connectivity index (χ2v) is 11.1. The zero-order chi connectivity index (χ0) is 25.2. The smallest absolute Gasteiger partial charge is 0.245 e. The number of rotatable bonds is 3. The van der Waals surface area contributed by atoms with Crippen molar-refractivity contribution in [3.63, 3.8) is 0 Å². The molecule has 3 aliphatic rings. The Kier molecular flexibility index (Phi) is 5.13. The van der Waals surface area contributed by atoms with E-state index in [2.05, 4.69) is 6.58 Å². The predicted octanol–water partition coefficient (Wildman–Crippen LogP) is 4.82. The number of amides is 1. The minimum absolute atomic E-state index is 0.0256. The Morgan fingerprint density at radius 1 is 1.22 bits per heavy atom. The number of pyridine rings is 1. The molecule has 7 heteroatoms. The Balaban J connectivity index is 1.45. The van der Waals surface area contributed by atoms with Crippen LogP contribution in [0.25, 0.3) is 21.9 Å². The molecule has 1 spiro atoms. The first-order valence-corrected chi connectivity index (χ1v) is 12.4. The van der Waals surface area contributed by atoms with E-state index >= 15 is 4.39 Å². The normalized spacial score (nSPS) is 19.9. The highest BCUT2D eigenvalue weighted by Crippen LogP contribution is 2.45. The number of aromatic nitrogens is 1. The van der Waals surface area contributed by atoms with Crippen LogP contribution in [0.4, 0.5) is 10.2 Å². The lowest BCUT2D eigenvalue weighted by Crippen LogP contribution is -2.59. The number of carbonyl (C=O) groups is 1. The minimum Gasteiger partial charge on any atom is -0.508 e. The largest absolute Gasteiger partial charge is 0.508 e. The molecule has 3 aliphatic heterocycles. The summed E-state index contributed by atoms with van der Waals surface area (Å²) in [5.74, 6) is 0.161. The fraction of sp³-hybridized carbons (Fsp3) is 0.379. The topological polar surface area (TPSA) is 65.9 Å². The van der Waals surface area contributed by atoms with Crippen LogP contribution in [0.15, 0.2) is 49.1 Å². The van der Waals surface area contributed by atoms with Crippen molar-refractivity contribution in [1.82, 2.24) is 9.88 Å². The van der Waals surface area contributed by atoms with Gasteiger partial charge in [0.25, 0.3) is 0 Å². The molecule has 0 aliphatic carbocycles. The van der Waals surface area contributed by atoms with Crippen LogP contribution in [0.3, 0.4) is 0 Å². The van der Waals surface area contributed by atoms with Crippen LogP contribution in [-0.4, -0.2) is 52.7 Å². The number of hydrogen-bond acceptors (Lipinski definition) is 5. The summed E-state index contributed by atoms with van der Waals surface area (Å²) in [6.07, 6.45) is 2.84. The number of ether oxygens (including phenoxy) is 1. The lowest BCUT2D eigenvalue weighted by atomic mass is 9.79. The number of carbonyl (C=O) groups excluding carboxylic acids is 1. The van der Waals surface area contributed by atoms with Crippen molar-refractivity contribution < 1.29 is 19.0 Å².